The number of nitrogens with zero attached hydrogens (tertiary/aromatic N) is 2. The fourth-order valence-electron chi connectivity index (χ4n) is 4.82. The maximum Gasteiger partial charge on any atom is 0.258 e. The van der Waals surface area contributed by atoms with Crippen molar-refractivity contribution in [3.8, 4) is 11.1 Å². The van der Waals surface area contributed by atoms with E-state index in [1.807, 2.05) is 0 Å². The Morgan fingerprint density at radius 2 is 2.10 bits per heavy atom. The summed E-state index contributed by atoms with van der Waals surface area (Å²) in [5, 5.41) is 6.41. The van der Waals surface area contributed by atoms with Crippen LogP contribution in [0.1, 0.15) is 35.2 Å². The number of amides is 2. The molecule has 2 aromatic rings. The minimum atomic E-state index is -0.725. The lowest BCUT2D eigenvalue weighted by molar-refractivity contribution is -0.124. The molecular weight excluding hydrogens is 421 g/mol. The van der Waals surface area contributed by atoms with Crippen molar-refractivity contribution >= 4 is 34.9 Å². The first kappa shape index (κ1) is 21.4. The molecule has 2 amide bonds. The molecule has 9 heteroatoms. The summed E-state index contributed by atoms with van der Waals surface area (Å²) in [6.45, 7) is 0.626. The molecule has 1 aliphatic carbocycles. The Morgan fingerprint density at radius 3 is 2.77 bits per heavy atom. The molecule has 1 spiro atoms. The second-order valence-corrected chi connectivity index (χ2v) is 8.87. The third-order valence-corrected chi connectivity index (χ3v) is 6.84. The van der Waals surface area contributed by atoms with Crippen molar-refractivity contribution in [3.63, 3.8) is 0 Å². The zero-order valence-corrected chi connectivity index (χ0v) is 18.4. The van der Waals surface area contributed by atoms with Crippen LogP contribution in [0.4, 0.5) is 15.9 Å². The van der Waals surface area contributed by atoms with Gasteiger partial charge in [-0.2, -0.15) is 0 Å². The van der Waals surface area contributed by atoms with Gasteiger partial charge in [-0.3, -0.25) is 9.59 Å². The van der Waals surface area contributed by atoms with E-state index >= 15 is 4.39 Å². The highest BCUT2D eigenvalue weighted by molar-refractivity contribution is 6.34. The molecule has 1 aromatic heterocycles. The number of carbonyl (C=O) groups excluding carboxylic acids is 2. The van der Waals surface area contributed by atoms with Gasteiger partial charge in [0, 0.05) is 67.6 Å². The number of halogens is 2. The summed E-state index contributed by atoms with van der Waals surface area (Å²) in [5.74, 6) is -0.676. The molecule has 2 aliphatic rings. The Morgan fingerprint density at radius 1 is 1.35 bits per heavy atom. The lowest BCUT2D eigenvalue weighted by Gasteiger charge is -2.25. The fraction of sp³-hybridized carbons (Fsp3) is 0.409. The SMILES string of the molecule is CNC(=O)[C@H]1CC[C@@]2(CNc3ncc(-c4ccc(N)c(C(=O)N(C)C)c4F)c(Cl)c32)C1. The Balaban J connectivity index is 1.82. The maximum atomic E-state index is 15.5. The summed E-state index contributed by atoms with van der Waals surface area (Å²) < 4.78 is 15.5. The van der Waals surface area contributed by atoms with Crippen LogP contribution in [-0.2, 0) is 10.2 Å². The number of nitrogens with two attached hydrogens (primary N) is 1. The first-order valence-electron chi connectivity index (χ1n) is 10.1. The fourth-order valence-corrected chi connectivity index (χ4v) is 5.26. The van der Waals surface area contributed by atoms with Gasteiger partial charge < -0.3 is 21.3 Å². The van der Waals surface area contributed by atoms with Crippen LogP contribution in [-0.4, -0.2) is 49.4 Å². The van der Waals surface area contributed by atoms with Crippen LogP contribution >= 0.6 is 11.6 Å². The molecule has 7 nitrogen and oxygen atoms in total. The van der Waals surface area contributed by atoms with E-state index in [4.69, 9.17) is 17.3 Å². The molecule has 1 saturated carbocycles. The summed E-state index contributed by atoms with van der Waals surface area (Å²) in [7, 11) is 4.71. The van der Waals surface area contributed by atoms with Crippen LogP contribution < -0.4 is 16.4 Å². The Bertz CT molecular complexity index is 1090. The van der Waals surface area contributed by atoms with Crippen molar-refractivity contribution in [2.45, 2.75) is 24.7 Å². The highest BCUT2D eigenvalue weighted by Gasteiger charge is 2.49. The third kappa shape index (κ3) is 3.29. The molecule has 0 saturated heterocycles. The lowest BCUT2D eigenvalue weighted by atomic mass is 9.79. The highest BCUT2D eigenvalue weighted by atomic mass is 35.5. The molecule has 164 valence electrons. The van der Waals surface area contributed by atoms with Crippen molar-refractivity contribution in [2.24, 2.45) is 5.92 Å². The topological polar surface area (TPSA) is 100 Å². The summed E-state index contributed by atoms with van der Waals surface area (Å²) in [6.07, 6.45) is 3.69. The molecule has 2 atom stereocenters. The molecule has 1 aromatic carbocycles. The van der Waals surface area contributed by atoms with Gasteiger partial charge in [-0.25, -0.2) is 9.37 Å². The molecular formula is C22H25ClFN5O2. The van der Waals surface area contributed by atoms with E-state index in [-0.39, 0.29) is 34.1 Å². The second kappa shape index (κ2) is 7.67. The summed E-state index contributed by atoms with van der Waals surface area (Å²) in [4.78, 5) is 30.4. The zero-order valence-electron chi connectivity index (χ0n) is 17.7. The molecule has 4 N–H and O–H groups in total. The molecule has 31 heavy (non-hydrogen) atoms. The summed E-state index contributed by atoms with van der Waals surface area (Å²) in [6, 6.07) is 3.02. The van der Waals surface area contributed by atoms with E-state index in [9.17, 15) is 9.59 Å². The number of nitrogen functional groups attached to an aromatic ring is 1. The largest absolute Gasteiger partial charge is 0.398 e. The molecule has 1 aliphatic heterocycles. The number of benzene rings is 1. The average molecular weight is 446 g/mol. The van der Waals surface area contributed by atoms with E-state index in [2.05, 4.69) is 15.6 Å². The number of hydrogen-bond donors (Lipinski definition) is 3. The van der Waals surface area contributed by atoms with Gasteiger partial charge in [-0.1, -0.05) is 11.6 Å². The quantitative estimate of drug-likeness (QED) is 0.630. The summed E-state index contributed by atoms with van der Waals surface area (Å²) in [5.41, 5.74) is 6.83. The van der Waals surface area contributed by atoms with Gasteiger partial charge >= 0.3 is 0 Å². The molecule has 1 fully saturated rings. The van der Waals surface area contributed by atoms with Crippen LogP contribution in [0.5, 0.6) is 0 Å². The predicted octanol–water partition coefficient (Wildman–Crippen LogP) is 3.03. The minimum absolute atomic E-state index is 0.0157. The van der Waals surface area contributed by atoms with Gasteiger partial charge in [0.1, 0.15) is 11.6 Å². The minimum Gasteiger partial charge on any atom is -0.398 e. The predicted molar refractivity (Wildman–Crippen MR) is 119 cm³/mol. The number of rotatable bonds is 3. The van der Waals surface area contributed by atoms with Crippen LogP contribution in [0.25, 0.3) is 11.1 Å². The van der Waals surface area contributed by atoms with Crippen molar-refractivity contribution in [1.29, 1.82) is 0 Å². The van der Waals surface area contributed by atoms with Gasteiger partial charge in [0.25, 0.3) is 5.91 Å². The number of hydrogen-bond acceptors (Lipinski definition) is 5. The number of pyridine rings is 1. The Hall–Kier alpha value is -2.87. The van der Waals surface area contributed by atoms with E-state index < -0.39 is 11.7 Å². The number of anilines is 2. The lowest BCUT2D eigenvalue weighted by Crippen LogP contribution is -2.30. The van der Waals surface area contributed by atoms with Crippen molar-refractivity contribution in [1.82, 2.24) is 15.2 Å². The standard InChI is InChI=1S/C22H25ClFN5O2/c1-26-20(30)11-6-7-22(8-11)10-28-19-16(22)17(23)13(9-27-19)12-4-5-14(25)15(18(12)24)21(31)29(2)3/h4-5,9,11H,6-8,10,25H2,1-3H3,(H,26,30)(H,27,28)/t11-,22-/m0/s1. The molecule has 0 radical (unpaired) electrons. The molecule has 4 rings (SSSR count). The summed E-state index contributed by atoms with van der Waals surface area (Å²) >= 11 is 6.85. The van der Waals surface area contributed by atoms with Crippen molar-refractivity contribution in [2.75, 3.05) is 38.7 Å². The maximum absolute atomic E-state index is 15.5. The number of aromatic nitrogens is 1. The van der Waals surface area contributed by atoms with Crippen LogP contribution in [0.3, 0.4) is 0 Å². The third-order valence-electron chi connectivity index (χ3n) is 6.45. The highest BCUT2D eigenvalue weighted by Crippen LogP contribution is 2.53. The van der Waals surface area contributed by atoms with Crippen LogP contribution in [0, 0.1) is 11.7 Å². The Kier molecular flexibility index (Phi) is 5.29. The first-order chi connectivity index (χ1) is 14.7. The van der Waals surface area contributed by atoms with Gasteiger partial charge in [-0.15, -0.1) is 0 Å². The molecule has 0 unspecified atom stereocenters. The Labute approximate surface area is 185 Å². The van der Waals surface area contributed by atoms with E-state index in [0.29, 0.717) is 29.4 Å². The van der Waals surface area contributed by atoms with E-state index in [1.54, 1.807) is 7.05 Å². The molecule has 2 heterocycles. The van der Waals surface area contributed by atoms with Crippen molar-refractivity contribution < 1.29 is 14.0 Å². The van der Waals surface area contributed by atoms with Gasteiger partial charge in [0.2, 0.25) is 5.91 Å². The smallest absolute Gasteiger partial charge is 0.258 e. The van der Waals surface area contributed by atoms with Crippen LogP contribution in [0.2, 0.25) is 5.02 Å². The van der Waals surface area contributed by atoms with Gasteiger partial charge in [-0.05, 0) is 31.4 Å². The van der Waals surface area contributed by atoms with Gasteiger partial charge in [0.15, 0.2) is 0 Å². The molecule has 0 bridgehead atoms. The monoisotopic (exact) mass is 445 g/mol. The van der Waals surface area contributed by atoms with E-state index in [1.165, 1.54) is 37.3 Å². The number of nitrogens with one attached hydrogen (secondary N) is 2. The number of fused-ring (bicyclic) bond motifs is 2. The van der Waals surface area contributed by atoms with Crippen molar-refractivity contribution in [3.05, 3.63) is 40.3 Å². The second-order valence-electron chi connectivity index (χ2n) is 8.49. The average Bonchev–Trinajstić information content (AvgIpc) is 3.33. The van der Waals surface area contributed by atoms with E-state index in [0.717, 1.165) is 18.4 Å². The van der Waals surface area contributed by atoms with Gasteiger partial charge in [0.05, 0.1) is 10.6 Å². The normalized spacial score (nSPS) is 21.6. The number of carbonyl (C=O) groups is 2. The first-order valence-corrected chi connectivity index (χ1v) is 10.5. The van der Waals surface area contributed by atoms with Crippen LogP contribution in [0.15, 0.2) is 18.3 Å². The zero-order chi connectivity index (χ0) is 22.5.